The van der Waals surface area contributed by atoms with Crippen molar-refractivity contribution >= 4 is 27.7 Å². The Bertz CT molecular complexity index is 366. The lowest BCUT2D eigenvalue weighted by atomic mass is 10.1. The highest BCUT2D eigenvalue weighted by atomic mass is 79.9. The predicted molar refractivity (Wildman–Crippen MR) is 86.4 cm³/mol. The third-order valence-electron chi connectivity index (χ3n) is 2.90. The van der Waals surface area contributed by atoms with Crippen LogP contribution in [0.15, 0.2) is 27.6 Å². The van der Waals surface area contributed by atoms with Crippen molar-refractivity contribution in [2.45, 2.75) is 45.1 Å². The van der Waals surface area contributed by atoms with Gasteiger partial charge >= 0.3 is 0 Å². The van der Waals surface area contributed by atoms with Crippen LogP contribution in [0.5, 0.6) is 0 Å². The quantitative estimate of drug-likeness (QED) is 0.685. The highest BCUT2D eigenvalue weighted by Gasteiger charge is 2.10. The number of hydrogen-bond donors (Lipinski definition) is 1. The van der Waals surface area contributed by atoms with Gasteiger partial charge in [0.25, 0.3) is 0 Å². The molecule has 1 nitrogen and oxygen atoms in total. The first-order valence-corrected chi connectivity index (χ1v) is 8.48. The number of rotatable bonds is 7. The van der Waals surface area contributed by atoms with Gasteiger partial charge in [-0.05, 0) is 55.3 Å². The van der Waals surface area contributed by atoms with Crippen LogP contribution in [-0.4, -0.2) is 12.3 Å². The van der Waals surface area contributed by atoms with E-state index in [-0.39, 0.29) is 0 Å². The molecule has 3 heteroatoms. The summed E-state index contributed by atoms with van der Waals surface area (Å²) in [5.41, 5.74) is 1.40. The smallest absolute Gasteiger partial charge is 0.0303 e. The first kappa shape index (κ1) is 16.1. The Hall–Kier alpha value is 0.01000. The molecule has 0 amide bonds. The molecule has 1 aromatic rings. The van der Waals surface area contributed by atoms with Gasteiger partial charge in [0.1, 0.15) is 0 Å². The van der Waals surface area contributed by atoms with Crippen LogP contribution in [0.1, 0.15) is 45.7 Å². The SMILES string of the molecule is CCNC(C)c1cc(Br)ccc1SCCC(C)C. The number of benzene rings is 1. The minimum atomic E-state index is 0.411. The summed E-state index contributed by atoms with van der Waals surface area (Å²) >= 11 is 5.55. The Labute approximate surface area is 124 Å². The van der Waals surface area contributed by atoms with Gasteiger partial charge in [-0.25, -0.2) is 0 Å². The van der Waals surface area contributed by atoms with Crippen LogP contribution in [0, 0.1) is 5.92 Å². The van der Waals surface area contributed by atoms with E-state index < -0.39 is 0 Å². The van der Waals surface area contributed by atoms with Gasteiger partial charge in [0.2, 0.25) is 0 Å². The Balaban J connectivity index is 2.76. The zero-order chi connectivity index (χ0) is 13.5. The van der Waals surface area contributed by atoms with Crippen molar-refractivity contribution in [2.75, 3.05) is 12.3 Å². The lowest BCUT2D eigenvalue weighted by Gasteiger charge is -2.17. The summed E-state index contributed by atoms with van der Waals surface area (Å²) in [5.74, 6) is 1.98. The maximum Gasteiger partial charge on any atom is 0.0303 e. The van der Waals surface area contributed by atoms with Crippen molar-refractivity contribution in [3.8, 4) is 0 Å². The lowest BCUT2D eigenvalue weighted by Crippen LogP contribution is -2.18. The summed E-state index contributed by atoms with van der Waals surface area (Å²) in [5, 5.41) is 3.49. The predicted octanol–water partition coefficient (Wildman–Crippen LogP) is 5.26. The Morgan fingerprint density at radius 1 is 1.28 bits per heavy atom. The van der Waals surface area contributed by atoms with Gasteiger partial charge in [0, 0.05) is 15.4 Å². The zero-order valence-electron chi connectivity index (χ0n) is 11.8. The third-order valence-corrected chi connectivity index (χ3v) is 4.52. The van der Waals surface area contributed by atoms with Crippen molar-refractivity contribution in [1.29, 1.82) is 0 Å². The molecule has 18 heavy (non-hydrogen) atoms. The summed E-state index contributed by atoms with van der Waals surface area (Å²) in [6, 6.07) is 7.03. The van der Waals surface area contributed by atoms with E-state index in [1.807, 2.05) is 11.8 Å². The summed E-state index contributed by atoms with van der Waals surface area (Å²) in [6.07, 6.45) is 1.27. The van der Waals surface area contributed by atoms with Crippen LogP contribution in [0.25, 0.3) is 0 Å². The second-order valence-electron chi connectivity index (χ2n) is 4.99. The molecule has 0 aliphatic carbocycles. The van der Waals surface area contributed by atoms with Crippen molar-refractivity contribution in [3.05, 3.63) is 28.2 Å². The largest absolute Gasteiger partial charge is 0.310 e. The van der Waals surface area contributed by atoms with Crippen LogP contribution in [-0.2, 0) is 0 Å². The van der Waals surface area contributed by atoms with Crippen LogP contribution in [0.2, 0.25) is 0 Å². The summed E-state index contributed by atoms with van der Waals surface area (Å²) in [4.78, 5) is 1.41. The lowest BCUT2D eigenvalue weighted by molar-refractivity contribution is 0.589. The molecule has 0 saturated carbocycles. The number of thioether (sulfide) groups is 1. The highest BCUT2D eigenvalue weighted by molar-refractivity contribution is 9.10. The summed E-state index contributed by atoms with van der Waals surface area (Å²) in [6.45, 7) is 9.95. The van der Waals surface area contributed by atoms with Gasteiger partial charge in [-0.3, -0.25) is 0 Å². The standard InChI is InChI=1S/C15H24BrNS/c1-5-17-12(4)14-10-13(16)6-7-15(14)18-9-8-11(2)3/h6-7,10-12,17H,5,8-9H2,1-4H3. The van der Waals surface area contributed by atoms with Gasteiger partial charge < -0.3 is 5.32 Å². The average Bonchev–Trinajstić information content (AvgIpc) is 2.31. The van der Waals surface area contributed by atoms with E-state index >= 15 is 0 Å². The summed E-state index contributed by atoms with van der Waals surface area (Å²) < 4.78 is 1.16. The fourth-order valence-corrected chi connectivity index (χ4v) is 3.56. The van der Waals surface area contributed by atoms with E-state index in [1.165, 1.54) is 22.6 Å². The van der Waals surface area contributed by atoms with Crippen molar-refractivity contribution in [1.82, 2.24) is 5.32 Å². The molecule has 1 aromatic carbocycles. The molecule has 0 spiro atoms. The Kier molecular flexibility index (Phi) is 7.35. The highest BCUT2D eigenvalue weighted by Crippen LogP contribution is 2.31. The van der Waals surface area contributed by atoms with Gasteiger partial charge in [-0.2, -0.15) is 0 Å². The van der Waals surface area contributed by atoms with E-state index in [9.17, 15) is 0 Å². The van der Waals surface area contributed by atoms with E-state index in [1.54, 1.807) is 0 Å². The van der Waals surface area contributed by atoms with E-state index in [4.69, 9.17) is 0 Å². The minimum Gasteiger partial charge on any atom is -0.310 e. The fraction of sp³-hybridized carbons (Fsp3) is 0.600. The number of hydrogen-bond acceptors (Lipinski definition) is 2. The molecule has 1 rings (SSSR count). The van der Waals surface area contributed by atoms with Crippen LogP contribution >= 0.6 is 27.7 Å². The third kappa shape index (κ3) is 5.33. The molecule has 0 heterocycles. The molecule has 0 bridgehead atoms. The van der Waals surface area contributed by atoms with Crippen LogP contribution in [0.3, 0.4) is 0 Å². The second-order valence-corrected chi connectivity index (χ2v) is 7.04. The first-order chi connectivity index (χ1) is 8.54. The molecule has 0 aromatic heterocycles. The maximum atomic E-state index is 3.57. The number of nitrogens with one attached hydrogen (secondary N) is 1. The van der Waals surface area contributed by atoms with Crippen molar-refractivity contribution in [3.63, 3.8) is 0 Å². The number of halogens is 1. The van der Waals surface area contributed by atoms with Crippen LogP contribution in [0.4, 0.5) is 0 Å². The molecule has 1 N–H and O–H groups in total. The maximum absolute atomic E-state index is 3.57. The molecule has 0 radical (unpaired) electrons. The van der Waals surface area contributed by atoms with Gasteiger partial charge in [0.15, 0.2) is 0 Å². The molecule has 0 aliphatic heterocycles. The van der Waals surface area contributed by atoms with Crippen molar-refractivity contribution < 1.29 is 0 Å². The van der Waals surface area contributed by atoms with Gasteiger partial charge in [0.05, 0.1) is 0 Å². The molecule has 0 fully saturated rings. The Morgan fingerprint density at radius 3 is 2.61 bits per heavy atom. The average molecular weight is 330 g/mol. The Morgan fingerprint density at radius 2 is 2.00 bits per heavy atom. The minimum absolute atomic E-state index is 0.411. The zero-order valence-corrected chi connectivity index (χ0v) is 14.2. The molecular weight excluding hydrogens is 306 g/mol. The first-order valence-electron chi connectivity index (χ1n) is 6.70. The van der Waals surface area contributed by atoms with Gasteiger partial charge in [-0.1, -0.05) is 36.7 Å². The van der Waals surface area contributed by atoms with E-state index in [0.717, 1.165) is 16.9 Å². The molecule has 1 atom stereocenters. The molecule has 0 saturated heterocycles. The van der Waals surface area contributed by atoms with E-state index in [2.05, 4.69) is 67.1 Å². The molecular formula is C15H24BrNS. The van der Waals surface area contributed by atoms with Gasteiger partial charge in [-0.15, -0.1) is 11.8 Å². The summed E-state index contributed by atoms with van der Waals surface area (Å²) in [7, 11) is 0. The van der Waals surface area contributed by atoms with Crippen molar-refractivity contribution in [2.24, 2.45) is 5.92 Å². The topological polar surface area (TPSA) is 12.0 Å². The fourth-order valence-electron chi connectivity index (χ4n) is 1.81. The molecule has 102 valence electrons. The van der Waals surface area contributed by atoms with E-state index in [0.29, 0.717) is 6.04 Å². The normalized spacial score (nSPS) is 13.0. The second kappa shape index (κ2) is 8.23. The van der Waals surface area contributed by atoms with Crippen LogP contribution < -0.4 is 5.32 Å². The monoisotopic (exact) mass is 329 g/mol. The molecule has 0 aliphatic rings. The molecule has 1 unspecified atom stereocenters.